The van der Waals surface area contributed by atoms with Gasteiger partial charge >= 0.3 is 0 Å². The minimum atomic E-state index is 0.660. The van der Waals surface area contributed by atoms with E-state index in [1.165, 1.54) is 42.3 Å². The maximum absolute atomic E-state index is 4.99. The first-order valence-electron chi connectivity index (χ1n) is 15.1. The van der Waals surface area contributed by atoms with Crippen LogP contribution in [0.1, 0.15) is 0 Å². The van der Waals surface area contributed by atoms with Crippen molar-refractivity contribution in [1.29, 1.82) is 0 Å². The molecule has 0 atom stereocenters. The minimum absolute atomic E-state index is 0.660. The fourth-order valence-corrected chi connectivity index (χ4v) is 7.47. The number of para-hydroxylation sites is 1. The highest BCUT2D eigenvalue weighted by Gasteiger charge is 2.17. The molecule has 0 aliphatic carbocycles. The number of hydrogen-bond acceptors (Lipinski definition) is 5. The largest absolute Gasteiger partial charge is 0.309 e. The van der Waals surface area contributed by atoms with Crippen LogP contribution in [0.25, 0.3) is 81.9 Å². The first-order valence-corrected chi connectivity index (χ1v) is 15.9. The van der Waals surface area contributed by atoms with Crippen LogP contribution in [-0.4, -0.2) is 24.5 Å². The molecule has 0 spiro atoms. The molecule has 0 N–H and O–H groups in total. The summed E-state index contributed by atoms with van der Waals surface area (Å²) in [6, 6.07) is 44.8. The lowest BCUT2D eigenvalue weighted by Gasteiger charge is -2.11. The number of benzene rings is 4. The van der Waals surface area contributed by atoms with Gasteiger partial charge in [-0.25, -0.2) is 9.97 Å². The Balaban J connectivity index is 1.18. The molecule has 46 heavy (non-hydrogen) atoms. The molecule has 5 aromatic heterocycles. The van der Waals surface area contributed by atoms with Crippen LogP contribution >= 0.6 is 11.3 Å². The van der Waals surface area contributed by atoms with Crippen molar-refractivity contribution in [2.45, 2.75) is 0 Å². The van der Waals surface area contributed by atoms with E-state index in [4.69, 9.17) is 9.97 Å². The molecule has 0 fully saturated rings. The third kappa shape index (κ3) is 4.47. The molecule has 0 amide bonds. The lowest BCUT2D eigenvalue weighted by atomic mass is 10.1. The van der Waals surface area contributed by atoms with E-state index in [0.717, 1.165) is 33.8 Å². The Bertz CT molecular complexity index is 2440. The predicted octanol–water partition coefficient (Wildman–Crippen LogP) is 10.2. The zero-order chi connectivity index (χ0) is 30.5. The molecule has 0 aliphatic rings. The summed E-state index contributed by atoms with van der Waals surface area (Å²) in [6.45, 7) is 0. The maximum Gasteiger partial charge on any atom is 0.160 e. The normalized spacial score (nSPS) is 11.5. The van der Waals surface area contributed by atoms with E-state index in [0.29, 0.717) is 5.82 Å². The second-order valence-electron chi connectivity index (χ2n) is 11.2. The first-order chi connectivity index (χ1) is 22.8. The Morgan fingerprint density at radius 3 is 1.89 bits per heavy atom. The molecule has 0 aliphatic heterocycles. The summed E-state index contributed by atoms with van der Waals surface area (Å²) in [5.74, 6) is 0.660. The van der Waals surface area contributed by atoms with Crippen LogP contribution in [0.15, 0.2) is 152 Å². The van der Waals surface area contributed by atoms with Crippen molar-refractivity contribution in [3.05, 3.63) is 152 Å². The second-order valence-corrected chi connectivity index (χ2v) is 12.2. The van der Waals surface area contributed by atoms with Gasteiger partial charge in [0.1, 0.15) is 0 Å². The van der Waals surface area contributed by atoms with E-state index in [-0.39, 0.29) is 0 Å². The molecule has 5 heterocycles. The van der Waals surface area contributed by atoms with E-state index in [9.17, 15) is 0 Å². The molecule has 6 heteroatoms. The Morgan fingerprint density at radius 1 is 0.500 bits per heavy atom. The molecule has 0 radical (unpaired) electrons. The van der Waals surface area contributed by atoms with Gasteiger partial charge in [-0.3, -0.25) is 9.97 Å². The Kier molecular flexibility index (Phi) is 6.25. The zero-order valence-electron chi connectivity index (χ0n) is 24.6. The molecule has 9 aromatic rings. The highest BCUT2D eigenvalue weighted by atomic mass is 32.1. The number of aromatic nitrogens is 5. The summed E-state index contributed by atoms with van der Waals surface area (Å²) in [7, 11) is 0. The van der Waals surface area contributed by atoms with Gasteiger partial charge in [-0.2, -0.15) is 0 Å². The lowest BCUT2D eigenvalue weighted by Crippen LogP contribution is -1.97. The summed E-state index contributed by atoms with van der Waals surface area (Å²) < 4.78 is 3.69. The van der Waals surface area contributed by atoms with Gasteiger partial charge in [-0.05, 0) is 71.6 Å². The van der Waals surface area contributed by atoms with Crippen LogP contribution in [-0.2, 0) is 0 Å². The number of pyridine rings is 2. The van der Waals surface area contributed by atoms with E-state index in [2.05, 4.69) is 112 Å². The minimum Gasteiger partial charge on any atom is -0.309 e. The number of hydrogen-bond donors (Lipinski definition) is 0. The Labute approximate surface area is 269 Å². The molecule has 5 nitrogen and oxygen atoms in total. The summed E-state index contributed by atoms with van der Waals surface area (Å²) >= 11 is 1.87. The molecule has 4 aromatic carbocycles. The molecule has 0 bridgehead atoms. The summed E-state index contributed by atoms with van der Waals surface area (Å²) in [6.07, 6.45) is 7.11. The van der Waals surface area contributed by atoms with E-state index >= 15 is 0 Å². The van der Waals surface area contributed by atoms with Crippen molar-refractivity contribution in [3.63, 3.8) is 0 Å². The third-order valence-corrected chi connectivity index (χ3v) is 9.66. The van der Waals surface area contributed by atoms with E-state index in [1.807, 2.05) is 41.7 Å². The van der Waals surface area contributed by atoms with Crippen LogP contribution in [0, 0.1) is 0 Å². The Hall–Kier alpha value is -5.98. The summed E-state index contributed by atoms with van der Waals surface area (Å²) in [4.78, 5) is 19.5. The van der Waals surface area contributed by atoms with Gasteiger partial charge in [-0.15, -0.1) is 11.3 Å². The van der Waals surface area contributed by atoms with Crippen LogP contribution in [0.2, 0.25) is 0 Å². The van der Waals surface area contributed by atoms with Gasteiger partial charge in [0.15, 0.2) is 5.82 Å². The van der Waals surface area contributed by atoms with E-state index < -0.39 is 0 Å². The third-order valence-electron chi connectivity index (χ3n) is 8.44. The fourth-order valence-electron chi connectivity index (χ4n) is 6.25. The van der Waals surface area contributed by atoms with Crippen molar-refractivity contribution in [2.75, 3.05) is 0 Å². The average molecular weight is 608 g/mol. The monoisotopic (exact) mass is 607 g/mol. The number of fused-ring (bicyclic) bond motifs is 5. The van der Waals surface area contributed by atoms with Crippen LogP contribution in [0.5, 0.6) is 0 Å². The van der Waals surface area contributed by atoms with Gasteiger partial charge in [-0.1, -0.05) is 66.7 Å². The van der Waals surface area contributed by atoms with Gasteiger partial charge < -0.3 is 4.57 Å². The Morgan fingerprint density at radius 2 is 1.15 bits per heavy atom. The smallest absolute Gasteiger partial charge is 0.160 e. The lowest BCUT2D eigenvalue weighted by molar-refractivity contribution is 1.16. The highest BCUT2D eigenvalue weighted by molar-refractivity contribution is 7.23. The van der Waals surface area contributed by atoms with Crippen molar-refractivity contribution >= 4 is 43.2 Å². The predicted molar refractivity (Wildman–Crippen MR) is 189 cm³/mol. The number of thiophene rings is 1. The van der Waals surface area contributed by atoms with Crippen molar-refractivity contribution in [1.82, 2.24) is 24.5 Å². The van der Waals surface area contributed by atoms with Crippen LogP contribution < -0.4 is 0 Å². The molecule has 0 saturated carbocycles. The van der Waals surface area contributed by atoms with Crippen LogP contribution in [0.3, 0.4) is 0 Å². The fraction of sp³-hybridized carbons (Fsp3) is 0. The highest BCUT2D eigenvalue weighted by Crippen LogP contribution is 2.42. The number of nitrogens with zero attached hydrogens (tertiary/aromatic N) is 5. The summed E-state index contributed by atoms with van der Waals surface area (Å²) in [5, 5.41) is 3.82. The van der Waals surface area contributed by atoms with Crippen molar-refractivity contribution < 1.29 is 0 Å². The molecule has 0 saturated heterocycles. The SMILES string of the molecule is c1ccc(-c2cc3ccc4c(c5ccccc5n4-c4ccc(-c5cc(-c6ccncc6)nc(-c6ccncc6)n5)cc4)c3s2)cc1. The standard InChI is InChI=1S/C40H25N5S/c1-2-6-28(7-3-1)37-24-30-12-15-36-38(39(30)46-37)32-8-4-5-9-35(32)45(36)31-13-10-26(11-14-31)33-25-34(27-16-20-41-21-17-27)44-40(43-33)29-18-22-42-23-19-29/h1-25H. The van der Waals surface area contributed by atoms with E-state index in [1.54, 1.807) is 24.8 Å². The van der Waals surface area contributed by atoms with Crippen LogP contribution in [0.4, 0.5) is 0 Å². The molecular formula is C40H25N5S. The van der Waals surface area contributed by atoms with Gasteiger partial charge in [0.05, 0.1) is 22.4 Å². The topological polar surface area (TPSA) is 56.5 Å². The second kappa shape index (κ2) is 10.9. The summed E-state index contributed by atoms with van der Waals surface area (Å²) in [5.41, 5.74) is 9.38. The van der Waals surface area contributed by atoms with Gasteiger partial charge in [0.2, 0.25) is 0 Å². The van der Waals surface area contributed by atoms with Crippen molar-refractivity contribution in [2.24, 2.45) is 0 Å². The molecule has 216 valence electrons. The average Bonchev–Trinajstić information content (AvgIpc) is 3.72. The quantitative estimate of drug-likeness (QED) is 0.195. The van der Waals surface area contributed by atoms with Gasteiger partial charge in [0, 0.05) is 67.5 Å². The maximum atomic E-state index is 4.99. The molecular weight excluding hydrogens is 583 g/mol. The van der Waals surface area contributed by atoms with Crippen molar-refractivity contribution in [3.8, 4) is 50.0 Å². The molecule has 0 unspecified atom stereocenters. The number of rotatable bonds is 5. The first kappa shape index (κ1) is 26.4. The zero-order valence-corrected chi connectivity index (χ0v) is 25.4. The van der Waals surface area contributed by atoms with Gasteiger partial charge in [0.25, 0.3) is 0 Å². The molecule has 9 rings (SSSR count).